The van der Waals surface area contributed by atoms with Crippen molar-refractivity contribution in [2.45, 2.75) is 23.0 Å². The first-order valence-corrected chi connectivity index (χ1v) is 9.95. The summed E-state index contributed by atoms with van der Waals surface area (Å²) in [7, 11) is -3.94. The molecular formula is C19H16ClNO4S. The largest absolute Gasteiger partial charge is 0.465 e. The molecule has 0 radical (unpaired) electrons. The van der Waals surface area contributed by atoms with Gasteiger partial charge in [-0.1, -0.05) is 41.9 Å². The smallest absolute Gasteiger partial charge is 0.328 e. The number of hydrogen-bond donors (Lipinski definition) is 0. The SMILES string of the molecule is CCOC(=O)[C@@]1(C#N)[C@H](c2ccccc2)[C@@H]1S(=O)(=O)c1ccc(Cl)cc1. The van der Waals surface area contributed by atoms with Gasteiger partial charge in [-0.25, -0.2) is 8.42 Å². The van der Waals surface area contributed by atoms with E-state index in [2.05, 4.69) is 0 Å². The van der Waals surface area contributed by atoms with E-state index >= 15 is 0 Å². The Hall–Kier alpha value is -2.36. The van der Waals surface area contributed by atoms with Gasteiger partial charge in [-0.15, -0.1) is 0 Å². The number of nitriles is 1. The topological polar surface area (TPSA) is 84.2 Å². The number of halogens is 1. The second-order valence-corrected chi connectivity index (χ2v) is 8.51. The lowest BCUT2D eigenvalue weighted by Gasteiger charge is -2.09. The van der Waals surface area contributed by atoms with Crippen molar-refractivity contribution in [3.8, 4) is 6.07 Å². The fourth-order valence-electron chi connectivity index (χ4n) is 3.32. The molecule has 2 aromatic carbocycles. The molecule has 1 aliphatic rings. The Morgan fingerprint density at radius 1 is 1.19 bits per heavy atom. The Kier molecular flexibility index (Phi) is 4.78. The normalized spacial score (nSPS) is 24.5. The fourth-order valence-corrected chi connectivity index (χ4v) is 5.69. The highest BCUT2D eigenvalue weighted by molar-refractivity contribution is 7.92. The van der Waals surface area contributed by atoms with Crippen LogP contribution < -0.4 is 0 Å². The van der Waals surface area contributed by atoms with Crippen LogP contribution in [0, 0.1) is 16.7 Å². The van der Waals surface area contributed by atoms with Crippen molar-refractivity contribution in [2.24, 2.45) is 5.41 Å². The average molecular weight is 390 g/mol. The predicted octanol–water partition coefficient (Wildman–Crippen LogP) is 3.35. The van der Waals surface area contributed by atoms with Crippen LogP contribution >= 0.6 is 11.6 Å². The second-order valence-electron chi connectivity index (χ2n) is 6.01. The van der Waals surface area contributed by atoms with Gasteiger partial charge >= 0.3 is 5.97 Å². The van der Waals surface area contributed by atoms with Crippen LogP contribution in [0.1, 0.15) is 18.4 Å². The molecule has 0 amide bonds. The maximum Gasteiger partial charge on any atom is 0.328 e. The number of nitrogens with zero attached hydrogens (tertiary/aromatic N) is 1. The van der Waals surface area contributed by atoms with Crippen molar-refractivity contribution in [1.29, 1.82) is 5.26 Å². The van der Waals surface area contributed by atoms with Crippen molar-refractivity contribution in [3.63, 3.8) is 0 Å². The molecule has 134 valence electrons. The van der Waals surface area contributed by atoms with Gasteiger partial charge in [-0.3, -0.25) is 4.79 Å². The van der Waals surface area contributed by atoms with E-state index in [1.54, 1.807) is 37.3 Å². The fraction of sp³-hybridized carbons (Fsp3) is 0.263. The average Bonchev–Trinajstić information content (AvgIpc) is 3.35. The minimum atomic E-state index is -3.94. The molecular weight excluding hydrogens is 374 g/mol. The highest BCUT2D eigenvalue weighted by Gasteiger charge is 2.77. The summed E-state index contributed by atoms with van der Waals surface area (Å²) in [6.07, 6.45) is 0. The Morgan fingerprint density at radius 2 is 1.81 bits per heavy atom. The van der Waals surface area contributed by atoms with E-state index < -0.39 is 32.4 Å². The van der Waals surface area contributed by atoms with Crippen LogP contribution in [0.3, 0.4) is 0 Å². The van der Waals surface area contributed by atoms with Gasteiger partial charge in [0.05, 0.1) is 17.6 Å². The summed E-state index contributed by atoms with van der Waals surface area (Å²) in [4.78, 5) is 12.6. The Morgan fingerprint density at radius 3 is 2.35 bits per heavy atom. The maximum atomic E-state index is 13.2. The lowest BCUT2D eigenvalue weighted by molar-refractivity contribution is -0.147. The van der Waals surface area contributed by atoms with E-state index in [1.807, 2.05) is 6.07 Å². The van der Waals surface area contributed by atoms with Gasteiger partial charge in [0.2, 0.25) is 0 Å². The molecule has 0 heterocycles. The van der Waals surface area contributed by atoms with Crippen LogP contribution in [0.2, 0.25) is 5.02 Å². The maximum absolute atomic E-state index is 13.2. The van der Waals surface area contributed by atoms with Gasteiger partial charge in [0, 0.05) is 10.9 Å². The molecule has 2 aromatic rings. The number of esters is 1. The standard InChI is InChI=1S/C19H16ClNO4S/c1-2-25-18(22)19(12-21)16(13-6-4-3-5-7-13)17(19)26(23,24)15-10-8-14(20)9-11-15/h3-11,16-17H,2H2,1H3/t16-,17+,19+/m1/s1. The van der Waals surface area contributed by atoms with E-state index in [9.17, 15) is 18.5 Å². The molecule has 26 heavy (non-hydrogen) atoms. The predicted molar refractivity (Wildman–Crippen MR) is 96.3 cm³/mol. The monoisotopic (exact) mass is 389 g/mol. The lowest BCUT2D eigenvalue weighted by Crippen LogP contribution is -2.25. The Balaban J connectivity index is 2.12. The molecule has 0 N–H and O–H groups in total. The molecule has 3 atom stereocenters. The zero-order chi connectivity index (χ0) is 18.9. The molecule has 7 heteroatoms. The number of carbonyl (C=O) groups is 1. The van der Waals surface area contributed by atoms with Crippen molar-refractivity contribution in [1.82, 2.24) is 0 Å². The summed E-state index contributed by atoms with van der Waals surface area (Å²) in [6, 6.07) is 16.3. The molecule has 0 saturated heterocycles. The summed E-state index contributed by atoms with van der Waals surface area (Å²) in [5.74, 6) is -1.59. The molecule has 3 rings (SSSR count). The number of ether oxygens (including phenoxy) is 1. The van der Waals surface area contributed by atoms with Crippen molar-refractivity contribution in [2.75, 3.05) is 6.61 Å². The highest BCUT2D eigenvalue weighted by Crippen LogP contribution is 2.64. The number of carbonyl (C=O) groups excluding carboxylic acids is 1. The third-order valence-corrected chi connectivity index (χ3v) is 7.06. The van der Waals surface area contributed by atoms with Crippen LogP contribution in [0.5, 0.6) is 0 Å². The van der Waals surface area contributed by atoms with E-state index in [0.717, 1.165) is 0 Å². The molecule has 1 saturated carbocycles. The third-order valence-electron chi connectivity index (χ3n) is 4.57. The van der Waals surface area contributed by atoms with Gasteiger partial charge in [-0.2, -0.15) is 5.26 Å². The van der Waals surface area contributed by atoms with Crippen LogP contribution in [0.25, 0.3) is 0 Å². The minimum absolute atomic E-state index is 0.0225. The third kappa shape index (κ3) is 2.77. The molecule has 0 spiro atoms. The molecule has 0 aromatic heterocycles. The molecule has 0 unspecified atom stereocenters. The number of benzene rings is 2. The molecule has 0 aliphatic heterocycles. The number of rotatable bonds is 5. The van der Waals surface area contributed by atoms with Gasteiger partial charge in [0.15, 0.2) is 15.3 Å². The number of sulfone groups is 1. The molecule has 1 fully saturated rings. The quantitative estimate of drug-likeness (QED) is 0.732. The zero-order valence-corrected chi connectivity index (χ0v) is 15.5. The van der Waals surface area contributed by atoms with E-state index in [1.165, 1.54) is 24.3 Å². The van der Waals surface area contributed by atoms with Gasteiger partial charge < -0.3 is 4.74 Å². The zero-order valence-electron chi connectivity index (χ0n) is 13.9. The summed E-state index contributed by atoms with van der Waals surface area (Å²) >= 11 is 5.84. The Bertz CT molecular complexity index is 967. The van der Waals surface area contributed by atoms with Crippen LogP contribution in [-0.4, -0.2) is 26.2 Å². The second kappa shape index (κ2) is 6.75. The van der Waals surface area contributed by atoms with Crippen molar-refractivity contribution in [3.05, 3.63) is 65.2 Å². The summed E-state index contributed by atoms with van der Waals surface area (Å²) in [6.45, 7) is 1.68. The van der Waals surface area contributed by atoms with Gasteiger partial charge in [-0.05, 0) is 36.8 Å². The molecule has 5 nitrogen and oxygen atoms in total. The molecule has 1 aliphatic carbocycles. The van der Waals surface area contributed by atoms with Gasteiger partial charge in [0.1, 0.15) is 5.25 Å². The first-order valence-electron chi connectivity index (χ1n) is 8.02. The van der Waals surface area contributed by atoms with Crippen molar-refractivity contribution >= 4 is 27.4 Å². The highest BCUT2D eigenvalue weighted by atomic mass is 35.5. The van der Waals surface area contributed by atoms with Crippen LogP contribution in [-0.2, 0) is 19.4 Å². The first kappa shape index (κ1) is 18.4. The first-order chi connectivity index (χ1) is 12.4. The molecule has 0 bridgehead atoms. The van der Waals surface area contributed by atoms with Gasteiger partial charge in [0.25, 0.3) is 0 Å². The van der Waals surface area contributed by atoms with E-state index in [-0.39, 0.29) is 11.5 Å². The summed E-state index contributed by atoms with van der Waals surface area (Å²) < 4.78 is 31.4. The van der Waals surface area contributed by atoms with Crippen LogP contribution in [0.4, 0.5) is 0 Å². The van der Waals surface area contributed by atoms with Crippen LogP contribution in [0.15, 0.2) is 59.5 Å². The summed E-state index contributed by atoms with van der Waals surface area (Å²) in [5, 5.41) is 8.97. The Labute approximate surface area is 157 Å². The summed E-state index contributed by atoms with van der Waals surface area (Å²) in [5.41, 5.74) is -1.14. The lowest BCUT2D eigenvalue weighted by atomic mass is 10.0. The minimum Gasteiger partial charge on any atom is -0.465 e. The van der Waals surface area contributed by atoms with Crippen molar-refractivity contribution < 1.29 is 17.9 Å². The van der Waals surface area contributed by atoms with E-state index in [4.69, 9.17) is 16.3 Å². The number of hydrogen-bond acceptors (Lipinski definition) is 5. The van der Waals surface area contributed by atoms with E-state index in [0.29, 0.717) is 10.6 Å².